The van der Waals surface area contributed by atoms with E-state index in [9.17, 15) is 14.4 Å². The Hall–Kier alpha value is -3.72. The van der Waals surface area contributed by atoms with Crippen molar-refractivity contribution >= 4 is 40.4 Å². The van der Waals surface area contributed by atoms with Crippen molar-refractivity contribution in [1.29, 1.82) is 0 Å². The first-order valence-corrected chi connectivity index (χ1v) is 10.0. The normalized spacial score (nSPS) is 15.0. The first kappa shape index (κ1) is 19.6. The summed E-state index contributed by atoms with van der Waals surface area (Å²) in [6.45, 7) is 0. The van der Waals surface area contributed by atoms with Crippen LogP contribution < -0.4 is 15.2 Å². The number of hydrogen-bond donors (Lipinski definition) is 1. The quantitative estimate of drug-likeness (QED) is 0.387. The number of rotatable bonds is 5. The van der Waals surface area contributed by atoms with E-state index < -0.39 is 11.4 Å². The smallest absolute Gasteiger partial charge is 0.286 e. The van der Waals surface area contributed by atoms with Gasteiger partial charge in [-0.3, -0.25) is 19.0 Å². The lowest BCUT2D eigenvalue weighted by molar-refractivity contribution is -0.741. The SMILES string of the molecule is C[n+]1[nH]oc(=O)c1C(=O)CSC1=N/C(=C/c2ccccc2)C(=O)N1c1ccccc1. The fourth-order valence-electron chi connectivity index (χ4n) is 2.95. The molecule has 1 N–H and O–H groups in total. The zero-order chi connectivity index (χ0) is 21.1. The number of aryl methyl sites for hydroxylation is 1. The molecule has 1 amide bonds. The zero-order valence-corrected chi connectivity index (χ0v) is 16.8. The van der Waals surface area contributed by atoms with E-state index in [0.717, 1.165) is 17.3 Å². The minimum atomic E-state index is -0.739. The number of H-pyrrole nitrogens is 1. The lowest BCUT2D eigenvalue weighted by Gasteiger charge is -2.17. The van der Waals surface area contributed by atoms with Crippen LogP contribution in [0.25, 0.3) is 6.08 Å². The van der Waals surface area contributed by atoms with Crippen molar-refractivity contribution in [2.24, 2.45) is 12.0 Å². The van der Waals surface area contributed by atoms with Crippen molar-refractivity contribution in [2.75, 3.05) is 10.7 Å². The average Bonchev–Trinajstić information content (AvgIpc) is 3.26. The van der Waals surface area contributed by atoms with Crippen LogP contribution >= 0.6 is 11.8 Å². The molecule has 0 saturated heterocycles. The summed E-state index contributed by atoms with van der Waals surface area (Å²) >= 11 is 1.09. The molecule has 9 heteroatoms. The van der Waals surface area contributed by atoms with Gasteiger partial charge in [0.25, 0.3) is 5.91 Å². The summed E-state index contributed by atoms with van der Waals surface area (Å²) in [5.41, 5.74) is 0.920. The van der Waals surface area contributed by atoms with Gasteiger partial charge >= 0.3 is 11.3 Å². The molecule has 0 unspecified atom stereocenters. The van der Waals surface area contributed by atoms with Crippen molar-refractivity contribution in [3.05, 3.63) is 88.0 Å². The highest BCUT2D eigenvalue weighted by Crippen LogP contribution is 2.29. The number of nitrogens with zero attached hydrogens (tertiary/aromatic N) is 3. The molecule has 0 radical (unpaired) electrons. The largest absolute Gasteiger partial charge is 0.438 e. The number of carbonyl (C=O) groups is 2. The van der Waals surface area contributed by atoms with Gasteiger partial charge in [-0.15, -0.1) is 0 Å². The van der Waals surface area contributed by atoms with E-state index in [4.69, 9.17) is 0 Å². The summed E-state index contributed by atoms with van der Waals surface area (Å²) in [6.07, 6.45) is 1.70. The minimum Gasteiger partial charge on any atom is -0.286 e. The number of nitrogens with one attached hydrogen (secondary N) is 1. The molecule has 30 heavy (non-hydrogen) atoms. The molecule has 0 aliphatic carbocycles. The standard InChI is InChI=1S/C21H16N4O4S/c1-24-18(20(28)29-23-24)17(26)13-30-21-22-16(12-14-8-4-2-5-9-14)19(27)25(21)15-10-6-3-7-11-15/h2-12H,13H2,1H3/p+1/b16-12+. The van der Waals surface area contributed by atoms with Gasteiger partial charge < -0.3 is 0 Å². The summed E-state index contributed by atoms with van der Waals surface area (Å²) in [5, 5.41) is 2.68. The number of amides is 1. The Kier molecular flexibility index (Phi) is 5.44. The van der Waals surface area contributed by atoms with E-state index in [2.05, 4.69) is 14.8 Å². The molecule has 0 saturated carbocycles. The fourth-order valence-corrected chi connectivity index (χ4v) is 3.82. The van der Waals surface area contributed by atoms with Crippen LogP contribution in [0.3, 0.4) is 0 Å². The van der Waals surface area contributed by atoms with Crippen molar-refractivity contribution in [3.63, 3.8) is 0 Å². The van der Waals surface area contributed by atoms with Crippen molar-refractivity contribution in [2.45, 2.75) is 0 Å². The Labute approximate surface area is 175 Å². The van der Waals surface area contributed by atoms with Gasteiger partial charge in [-0.2, -0.15) is 0 Å². The predicted molar refractivity (Wildman–Crippen MR) is 113 cm³/mol. The molecular formula is C21H17N4O4S+. The third-order valence-corrected chi connectivity index (χ3v) is 5.29. The van der Waals surface area contributed by atoms with Crippen molar-refractivity contribution in [1.82, 2.24) is 5.27 Å². The van der Waals surface area contributed by atoms with Gasteiger partial charge in [-0.1, -0.05) is 65.0 Å². The molecule has 0 bridgehead atoms. The Morgan fingerprint density at radius 1 is 1.13 bits per heavy atom. The predicted octanol–water partition coefficient (Wildman–Crippen LogP) is 2.15. The van der Waals surface area contributed by atoms with Crippen LogP contribution in [0, 0.1) is 0 Å². The number of thioether (sulfide) groups is 1. The first-order chi connectivity index (χ1) is 14.5. The summed E-state index contributed by atoms with van der Waals surface area (Å²) in [7, 11) is 1.51. The monoisotopic (exact) mass is 421 g/mol. The van der Waals surface area contributed by atoms with Gasteiger partial charge in [0.05, 0.1) is 11.4 Å². The first-order valence-electron chi connectivity index (χ1n) is 9.03. The number of amidine groups is 1. The molecule has 0 fully saturated rings. The molecule has 4 rings (SSSR count). The third kappa shape index (κ3) is 3.87. The van der Waals surface area contributed by atoms with Gasteiger partial charge in [0.2, 0.25) is 5.78 Å². The van der Waals surface area contributed by atoms with Crippen molar-refractivity contribution < 1.29 is 18.8 Å². The van der Waals surface area contributed by atoms with Gasteiger partial charge in [0.15, 0.2) is 12.2 Å². The minimum absolute atomic E-state index is 0.0789. The van der Waals surface area contributed by atoms with E-state index in [1.165, 1.54) is 16.6 Å². The van der Waals surface area contributed by atoms with Crippen LogP contribution in [0.1, 0.15) is 16.1 Å². The number of aromatic amines is 1. The maximum atomic E-state index is 13.1. The zero-order valence-electron chi connectivity index (χ0n) is 15.9. The van der Waals surface area contributed by atoms with E-state index in [1.807, 2.05) is 48.5 Å². The molecular weight excluding hydrogens is 404 g/mol. The molecule has 1 aliphatic rings. The highest BCUT2D eigenvalue weighted by Gasteiger charge is 2.34. The number of benzene rings is 2. The topological polar surface area (TPSA) is 99.6 Å². The van der Waals surface area contributed by atoms with Crippen molar-refractivity contribution in [3.8, 4) is 0 Å². The summed E-state index contributed by atoms with van der Waals surface area (Å²) in [6, 6.07) is 18.5. The Morgan fingerprint density at radius 2 is 1.80 bits per heavy atom. The van der Waals surface area contributed by atoms with E-state index in [-0.39, 0.29) is 23.1 Å². The second-order valence-corrected chi connectivity index (χ2v) is 7.35. The molecule has 2 aromatic carbocycles. The molecule has 1 aliphatic heterocycles. The lowest BCUT2D eigenvalue weighted by Crippen LogP contribution is -2.40. The van der Waals surface area contributed by atoms with Gasteiger partial charge in [-0.25, -0.2) is 9.79 Å². The summed E-state index contributed by atoms with van der Waals surface area (Å²) in [4.78, 5) is 43.2. The number of Topliss-reactive ketones (excluding diaryl/α,β-unsaturated/α-hetero) is 1. The van der Waals surface area contributed by atoms with Crippen LogP contribution in [0.15, 0.2) is 80.7 Å². The second kappa shape index (κ2) is 8.34. The highest BCUT2D eigenvalue weighted by molar-refractivity contribution is 8.14. The van der Waals surface area contributed by atoms with E-state index in [0.29, 0.717) is 10.9 Å². The van der Waals surface area contributed by atoms with Gasteiger partial charge in [-0.05, 0) is 29.0 Å². The lowest BCUT2D eigenvalue weighted by atomic mass is 10.2. The van der Waals surface area contributed by atoms with Crippen LogP contribution in [0.5, 0.6) is 0 Å². The molecule has 0 atom stereocenters. The Balaban J connectivity index is 1.64. The highest BCUT2D eigenvalue weighted by atomic mass is 32.2. The van der Waals surface area contributed by atoms with E-state index >= 15 is 0 Å². The number of anilines is 1. The molecule has 0 spiro atoms. The Morgan fingerprint density at radius 3 is 2.43 bits per heavy atom. The fraction of sp³-hybridized carbons (Fsp3) is 0.0952. The number of aliphatic imine (C=N–C) groups is 1. The van der Waals surface area contributed by atoms with Crippen LogP contribution in [-0.2, 0) is 11.8 Å². The number of carbonyl (C=O) groups excluding carboxylic acids is 2. The maximum absolute atomic E-state index is 13.1. The van der Waals surface area contributed by atoms with Crippen LogP contribution in [0.4, 0.5) is 5.69 Å². The van der Waals surface area contributed by atoms with E-state index in [1.54, 1.807) is 18.2 Å². The summed E-state index contributed by atoms with van der Waals surface area (Å²) < 4.78 is 5.85. The van der Waals surface area contributed by atoms with Gasteiger partial charge in [0, 0.05) is 0 Å². The molecule has 8 nitrogen and oxygen atoms in total. The number of aromatic nitrogens is 2. The average molecular weight is 421 g/mol. The van der Waals surface area contributed by atoms with Crippen LogP contribution in [-0.4, -0.2) is 27.9 Å². The van der Waals surface area contributed by atoms with Crippen LogP contribution in [0.2, 0.25) is 0 Å². The van der Waals surface area contributed by atoms with Gasteiger partial charge in [0.1, 0.15) is 5.70 Å². The summed E-state index contributed by atoms with van der Waals surface area (Å²) in [5.74, 6) is -0.794. The number of para-hydroxylation sites is 1. The number of hydrogen-bond acceptors (Lipinski definition) is 6. The molecule has 150 valence electrons. The second-order valence-electron chi connectivity index (χ2n) is 6.41. The molecule has 2 heterocycles. The maximum Gasteiger partial charge on any atom is 0.438 e. The number of ketones is 1. The Bertz CT molecular complexity index is 1210. The molecule has 1 aromatic heterocycles. The molecule has 3 aromatic rings. The third-order valence-electron chi connectivity index (χ3n) is 4.35.